The molecule has 0 bridgehead atoms. The zero-order valence-electron chi connectivity index (χ0n) is 12.8. The fourth-order valence-electron chi connectivity index (χ4n) is 2.20. The maximum Gasteiger partial charge on any atom is 0.233 e. The van der Waals surface area contributed by atoms with Gasteiger partial charge in [0, 0.05) is 18.9 Å². The quantitative estimate of drug-likeness (QED) is 0.650. The van der Waals surface area contributed by atoms with Crippen LogP contribution in [0.25, 0.3) is 5.65 Å². The summed E-state index contributed by atoms with van der Waals surface area (Å²) in [6.07, 6.45) is 3.64. The van der Waals surface area contributed by atoms with Gasteiger partial charge in [0.2, 0.25) is 5.91 Å². The Morgan fingerprint density at radius 3 is 2.87 bits per heavy atom. The average Bonchev–Trinajstić information content (AvgIpc) is 3.01. The van der Waals surface area contributed by atoms with Gasteiger partial charge in [-0.25, -0.2) is 0 Å². The first-order valence-electron chi connectivity index (χ1n) is 7.38. The molecule has 0 fully saturated rings. The van der Waals surface area contributed by atoms with Crippen molar-refractivity contribution in [2.45, 2.75) is 18.6 Å². The molecular weight excluding hydrogens is 310 g/mol. The summed E-state index contributed by atoms with van der Waals surface area (Å²) in [5.74, 6) is 0.395. The SMILES string of the molecule is CCN(Cc1ccccn1)C(=O)CSc1nnc2ccccn12. The molecular formula is C16H17N5OS. The molecule has 118 valence electrons. The second-order valence-corrected chi connectivity index (χ2v) is 5.87. The first kappa shape index (κ1) is 15.5. The Kier molecular flexibility index (Phi) is 4.87. The molecule has 3 rings (SSSR count). The molecule has 3 aromatic rings. The average molecular weight is 327 g/mol. The maximum atomic E-state index is 12.4. The lowest BCUT2D eigenvalue weighted by atomic mass is 10.3. The molecule has 0 radical (unpaired) electrons. The lowest BCUT2D eigenvalue weighted by molar-refractivity contribution is -0.128. The fraction of sp³-hybridized carbons (Fsp3) is 0.250. The van der Waals surface area contributed by atoms with Crippen molar-refractivity contribution in [3.8, 4) is 0 Å². The van der Waals surface area contributed by atoms with Crippen molar-refractivity contribution in [2.75, 3.05) is 12.3 Å². The van der Waals surface area contributed by atoms with Gasteiger partial charge in [-0.3, -0.25) is 14.2 Å². The predicted molar refractivity (Wildman–Crippen MR) is 89.0 cm³/mol. The minimum absolute atomic E-state index is 0.0656. The highest BCUT2D eigenvalue weighted by Gasteiger charge is 2.15. The second-order valence-electron chi connectivity index (χ2n) is 4.93. The van der Waals surface area contributed by atoms with Crippen LogP contribution >= 0.6 is 11.8 Å². The van der Waals surface area contributed by atoms with Gasteiger partial charge in [-0.15, -0.1) is 10.2 Å². The Hall–Kier alpha value is -2.41. The van der Waals surface area contributed by atoms with E-state index in [1.165, 1.54) is 11.8 Å². The molecule has 0 aliphatic heterocycles. The number of fused-ring (bicyclic) bond motifs is 1. The Bertz CT molecular complexity index is 789. The van der Waals surface area contributed by atoms with Gasteiger partial charge >= 0.3 is 0 Å². The summed E-state index contributed by atoms with van der Waals surface area (Å²) in [6.45, 7) is 3.14. The standard InChI is InChI=1S/C16H17N5OS/c1-2-20(11-13-7-3-5-9-17-13)15(22)12-23-16-19-18-14-8-4-6-10-21(14)16/h3-10H,2,11-12H2,1H3. The zero-order valence-corrected chi connectivity index (χ0v) is 13.6. The van der Waals surface area contributed by atoms with Crippen molar-refractivity contribution in [1.29, 1.82) is 0 Å². The van der Waals surface area contributed by atoms with Crippen LogP contribution in [0.15, 0.2) is 53.9 Å². The van der Waals surface area contributed by atoms with E-state index in [2.05, 4.69) is 15.2 Å². The number of carbonyl (C=O) groups is 1. The fourth-order valence-corrected chi connectivity index (χ4v) is 3.03. The lowest BCUT2D eigenvalue weighted by Crippen LogP contribution is -2.32. The van der Waals surface area contributed by atoms with E-state index in [0.29, 0.717) is 18.8 Å². The van der Waals surface area contributed by atoms with Crippen LogP contribution in [0.2, 0.25) is 0 Å². The molecule has 0 atom stereocenters. The molecule has 23 heavy (non-hydrogen) atoms. The molecule has 0 saturated carbocycles. The second kappa shape index (κ2) is 7.23. The number of rotatable bonds is 6. The summed E-state index contributed by atoms with van der Waals surface area (Å²) < 4.78 is 1.88. The molecule has 0 saturated heterocycles. The molecule has 0 aliphatic rings. The van der Waals surface area contributed by atoms with Gasteiger partial charge in [0.1, 0.15) is 0 Å². The molecule has 6 nitrogen and oxygen atoms in total. The van der Waals surface area contributed by atoms with Crippen molar-refractivity contribution in [2.24, 2.45) is 0 Å². The summed E-state index contributed by atoms with van der Waals surface area (Å²) in [5, 5.41) is 8.94. The van der Waals surface area contributed by atoms with Crippen molar-refractivity contribution in [3.63, 3.8) is 0 Å². The van der Waals surface area contributed by atoms with Gasteiger partial charge < -0.3 is 4.90 Å². The largest absolute Gasteiger partial charge is 0.336 e. The minimum atomic E-state index is 0.0656. The van der Waals surface area contributed by atoms with Crippen molar-refractivity contribution < 1.29 is 4.79 Å². The number of thioether (sulfide) groups is 1. The highest BCUT2D eigenvalue weighted by Crippen LogP contribution is 2.17. The Balaban J connectivity index is 1.63. The van der Waals surface area contributed by atoms with Gasteiger partial charge in [0.05, 0.1) is 18.0 Å². The van der Waals surface area contributed by atoms with Gasteiger partial charge in [0.15, 0.2) is 10.8 Å². The third kappa shape index (κ3) is 3.68. The van der Waals surface area contributed by atoms with E-state index in [9.17, 15) is 4.79 Å². The van der Waals surface area contributed by atoms with E-state index in [1.807, 2.05) is 53.9 Å². The van der Waals surface area contributed by atoms with Crippen LogP contribution < -0.4 is 0 Å². The molecule has 7 heteroatoms. The zero-order chi connectivity index (χ0) is 16.1. The first-order chi connectivity index (χ1) is 11.3. The van der Waals surface area contributed by atoms with Crippen LogP contribution in [0, 0.1) is 0 Å². The van der Waals surface area contributed by atoms with Crippen LogP contribution in [0.4, 0.5) is 0 Å². The molecule has 0 unspecified atom stereocenters. The molecule has 0 N–H and O–H groups in total. The number of nitrogens with zero attached hydrogens (tertiary/aromatic N) is 5. The normalized spacial score (nSPS) is 10.8. The van der Waals surface area contributed by atoms with Crippen molar-refractivity contribution >= 4 is 23.3 Å². The van der Waals surface area contributed by atoms with Crippen LogP contribution in [-0.4, -0.2) is 42.7 Å². The Morgan fingerprint density at radius 1 is 1.22 bits per heavy atom. The van der Waals surface area contributed by atoms with Crippen LogP contribution in [-0.2, 0) is 11.3 Å². The van der Waals surface area contributed by atoms with Gasteiger partial charge in [0.25, 0.3) is 0 Å². The van der Waals surface area contributed by atoms with Crippen LogP contribution in [0.3, 0.4) is 0 Å². The molecule has 3 aromatic heterocycles. The third-order valence-electron chi connectivity index (χ3n) is 3.42. The molecule has 1 amide bonds. The van der Waals surface area contributed by atoms with Gasteiger partial charge in [-0.2, -0.15) is 0 Å². The highest BCUT2D eigenvalue weighted by atomic mass is 32.2. The highest BCUT2D eigenvalue weighted by molar-refractivity contribution is 7.99. The molecule has 0 aliphatic carbocycles. The first-order valence-corrected chi connectivity index (χ1v) is 8.36. The van der Waals surface area contributed by atoms with E-state index in [1.54, 1.807) is 11.1 Å². The topological polar surface area (TPSA) is 63.4 Å². The van der Waals surface area contributed by atoms with Crippen molar-refractivity contribution in [3.05, 3.63) is 54.5 Å². The molecule has 0 aromatic carbocycles. The van der Waals surface area contributed by atoms with Crippen LogP contribution in [0.1, 0.15) is 12.6 Å². The van der Waals surface area contributed by atoms with E-state index >= 15 is 0 Å². The number of amides is 1. The third-order valence-corrected chi connectivity index (χ3v) is 4.35. The smallest absolute Gasteiger partial charge is 0.233 e. The number of carbonyl (C=O) groups excluding carboxylic acids is 1. The summed E-state index contributed by atoms with van der Waals surface area (Å²) in [7, 11) is 0. The summed E-state index contributed by atoms with van der Waals surface area (Å²) >= 11 is 1.40. The monoisotopic (exact) mass is 327 g/mol. The van der Waals surface area contributed by atoms with E-state index in [4.69, 9.17) is 0 Å². The predicted octanol–water partition coefficient (Wildman–Crippen LogP) is 2.27. The van der Waals surface area contributed by atoms with Gasteiger partial charge in [-0.1, -0.05) is 23.9 Å². The van der Waals surface area contributed by atoms with Crippen molar-refractivity contribution in [1.82, 2.24) is 24.5 Å². The Labute approximate surface area is 138 Å². The van der Waals surface area contributed by atoms with E-state index in [0.717, 1.165) is 16.5 Å². The number of pyridine rings is 2. The number of aromatic nitrogens is 4. The Morgan fingerprint density at radius 2 is 2.09 bits per heavy atom. The molecule has 0 spiro atoms. The van der Waals surface area contributed by atoms with E-state index < -0.39 is 0 Å². The summed E-state index contributed by atoms with van der Waals surface area (Å²) in [6, 6.07) is 11.4. The van der Waals surface area contributed by atoms with E-state index in [-0.39, 0.29) is 5.91 Å². The summed E-state index contributed by atoms with van der Waals surface area (Å²) in [4.78, 5) is 18.5. The molecule has 3 heterocycles. The minimum Gasteiger partial charge on any atom is -0.336 e. The summed E-state index contributed by atoms with van der Waals surface area (Å²) in [5.41, 5.74) is 1.67. The lowest BCUT2D eigenvalue weighted by Gasteiger charge is -2.20. The van der Waals surface area contributed by atoms with Crippen LogP contribution in [0.5, 0.6) is 0 Å². The number of hydrogen-bond acceptors (Lipinski definition) is 5. The van der Waals surface area contributed by atoms with Gasteiger partial charge in [-0.05, 0) is 31.2 Å². The number of hydrogen-bond donors (Lipinski definition) is 0. The maximum absolute atomic E-state index is 12.4.